The number of carbonyl (C=O) groups is 1. The Morgan fingerprint density at radius 1 is 1.25 bits per heavy atom. The number of hydrogen-bond donors (Lipinski definition) is 1. The van der Waals surface area contributed by atoms with Crippen LogP contribution in [0, 0.1) is 0 Å². The Labute approximate surface area is 96.5 Å². The van der Waals surface area contributed by atoms with Crippen molar-refractivity contribution in [1.29, 1.82) is 0 Å². The van der Waals surface area contributed by atoms with E-state index in [2.05, 4.69) is 17.4 Å². The second-order valence-electron chi connectivity index (χ2n) is 4.15. The predicted molar refractivity (Wildman–Crippen MR) is 64.0 cm³/mol. The molecule has 0 bridgehead atoms. The minimum Gasteiger partial charge on any atom is -0.343 e. The van der Waals surface area contributed by atoms with Crippen LogP contribution in [0.1, 0.15) is 18.4 Å². The van der Waals surface area contributed by atoms with Gasteiger partial charge in [0.25, 0.3) is 0 Å². The highest BCUT2D eigenvalue weighted by molar-refractivity contribution is 5.77. The first-order valence-corrected chi connectivity index (χ1v) is 5.89. The van der Waals surface area contributed by atoms with Crippen molar-refractivity contribution >= 4 is 5.91 Å². The molecule has 3 nitrogen and oxygen atoms in total. The summed E-state index contributed by atoms with van der Waals surface area (Å²) < 4.78 is 0. The largest absolute Gasteiger partial charge is 0.343 e. The van der Waals surface area contributed by atoms with Gasteiger partial charge in [0.05, 0.1) is 0 Å². The fraction of sp³-hybridized carbons (Fsp3) is 0.462. The Morgan fingerprint density at radius 3 is 2.62 bits per heavy atom. The standard InChI is InChI=1S/C13H18N2O/c16-13(15-9-4-10-15)7-8-14-11-12-5-2-1-3-6-12/h1-3,5-6,14H,4,7-11H2. The molecule has 1 aliphatic rings. The third-order valence-corrected chi connectivity index (χ3v) is 2.90. The van der Waals surface area contributed by atoms with E-state index < -0.39 is 0 Å². The molecule has 16 heavy (non-hydrogen) atoms. The second-order valence-corrected chi connectivity index (χ2v) is 4.15. The molecule has 0 radical (unpaired) electrons. The van der Waals surface area contributed by atoms with E-state index in [-0.39, 0.29) is 5.91 Å². The summed E-state index contributed by atoms with van der Waals surface area (Å²) in [5, 5.41) is 3.29. The lowest BCUT2D eigenvalue weighted by molar-refractivity contribution is -0.134. The topological polar surface area (TPSA) is 32.3 Å². The average molecular weight is 218 g/mol. The van der Waals surface area contributed by atoms with Crippen molar-refractivity contribution in [3.8, 4) is 0 Å². The SMILES string of the molecule is O=C(CCNCc1ccccc1)N1CCC1. The lowest BCUT2D eigenvalue weighted by Gasteiger charge is -2.30. The summed E-state index contributed by atoms with van der Waals surface area (Å²) in [4.78, 5) is 13.4. The summed E-state index contributed by atoms with van der Waals surface area (Å²) in [5.41, 5.74) is 1.26. The van der Waals surface area contributed by atoms with Crippen LogP contribution in [0.15, 0.2) is 30.3 Å². The minimum atomic E-state index is 0.284. The van der Waals surface area contributed by atoms with Crippen molar-refractivity contribution in [2.24, 2.45) is 0 Å². The zero-order chi connectivity index (χ0) is 11.2. The molecule has 0 aromatic heterocycles. The fourth-order valence-electron chi connectivity index (χ4n) is 1.75. The van der Waals surface area contributed by atoms with Gasteiger partial charge in [-0.15, -0.1) is 0 Å². The summed E-state index contributed by atoms with van der Waals surface area (Å²) >= 11 is 0. The van der Waals surface area contributed by atoms with Crippen molar-refractivity contribution in [3.63, 3.8) is 0 Å². The predicted octanol–water partition coefficient (Wildman–Crippen LogP) is 1.40. The third-order valence-electron chi connectivity index (χ3n) is 2.90. The van der Waals surface area contributed by atoms with Gasteiger partial charge in [-0.25, -0.2) is 0 Å². The molecule has 1 amide bonds. The van der Waals surface area contributed by atoms with Crippen LogP contribution in [0.4, 0.5) is 0 Å². The average Bonchev–Trinajstić information content (AvgIpc) is 2.23. The zero-order valence-corrected chi connectivity index (χ0v) is 9.48. The van der Waals surface area contributed by atoms with Crippen LogP contribution in [0.3, 0.4) is 0 Å². The highest BCUT2D eigenvalue weighted by Gasteiger charge is 2.18. The number of nitrogens with zero attached hydrogens (tertiary/aromatic N) is 1. The molecule has 0 atom stereocenters. The number of amides is 1. The Morgan fingerprint density at radius 2 is 2.00 bits per heavy atom. The van der Waals surface area contributed by atoms with Gasteiger partial charge in [-0.05, 0) is 12.0 Å². The molecule has 1 fully saturated rings. The quantitative estimate of drug-likeness (QED) is 0.758. The van der Waals surface area contributed by atoms with Crippen molar-refractivity contribution in [2.45, 2.75) is 19.4 Å². The number of benzene rings is 1. The Kier molecular flexibility index (Phi) is 3.94. The molecule has 1 aromatic carbocycles. The third kappa shape index (κ3) is 3.07. The maximum Gasteiger partial charge on any atom is 0.223 e. The first-order chi connectivity index (χ1) is 7.86. The lowest BCUT2D eigenvalue weighted by atomic mass is 10.2. The van der Waals surface area contributed by atoms with E-state index in [1.165, 1.54) is 12.0 Å². The van der Waals surface area contributed by atoms with Crippen molar-refractivity contribution in [3.05, 3.63) is 35.9 Å². The van der Waals surface area contributed by atoms with Gasteiger partial charge in [0.15, 0.2) is 0 Å². The molecule has 1 N–H and O–H groups in total. The molecular weight excluding hydrogens is 200 g/mol. The number of hydrogen-bond acceptors (Lipinski definition) is 2. The van der Waals surface area contributed by atoms with E-state index in [4.69, 9.17) is 0 Å². The molecule has 1 heterocycles. The molecule has 1 saturated heterocycles. The molecular formula is C13H18N2O. The van der Waals surface area contributed by atoms with Gasteiger partial charge in [0, 0.05) is 32.6 Å². The highest BCUT2D eigenvalue weighted by atomic mass is 16.2. The molecule has 0 spiro atoms. The van der Waals surface area contributed by atoms with E-state index in [1.54, 1.807) is 0 Å². The molecule has 0 aliphatic carbocycles. The lowest BCUT2D eigenvalue weighted by Crippen LogP contribution is -2.42. The zero-order valence-electron chi connectivity index (χ0n) is 9.48. The molecule has 0 saturated carbocycles. The molecule has 1 aromatic rings. The van der Waals surface area contributed by atoms with Crippen LogP contribution in [-0.2, 0) is 11.3 Å². The molecule has 0 unspecified atom stereocenters. The Bertz CT molecular complexity index is 333. The van der Waals surface area contributed by atoms with Gasteiger partial charge in [-0.1, -0.05) is 30.3 Å². The van der Waals surface area contributed by atoms with Crippen molar-refractivity contribution in [2.75, 3.05) is 19.6 Å². The van der Waals surface area contributed by atoms with Gasteiger partial charge in [0.2, 0.25) is 5.91 Å². The molecule has 86 valence electrons. The molecule has 1 aliphatic heterocycles. The first kappa shape index (κ1) is 11.1. The summed E-state index contributed by atoms with van der Waals surface area (Å²) in [5.74, 6) is 0.284. The van der Waals surface area contributed by atoms with Crippen molar-refractivity contribution in [1.82, 2.24) is 10.2 Å². The first-order valence-electron chi connectivity index (χ1n) is 5.89. The maximum absolute atomic E-state index is 11.5. The summed E-state index contributed by atoms with van der Waals surface area (Å²) in [6, 6.07) is 10.2. The van der Waals surface area contributed by atoms with Gasteiger partial charge in [0.1, 0.15) is 0 Å². The number of rotatable bonds is 5. The van der Waals surface area contributed by atoms with E-state index >= 15 is 0 Å². The van der Waals surface area contributed by atoms with Gasteiger partial charge in [-0.3, -0.25) is 4.79 Å². The van der Waals surface area contributed by atoms with Crippen LogP contribution in [0.25, 0.3) is 0 Å². The van der Waals surface area contributed by atoms with Gasteiger partial charge >= 0.3 is 0 Å². The minimum absolute atomic E-state index is 0.284. The Hall–Kier alpha value is -1.35. The molecule has 2 rings (SSSR count). The van der Waals surface area contributed by atoms with Crippen molar-refractivity contribution < 1.29 is 4.79 Å². The van der Waals surface area contributed by atoms with Gasteiger partial charge in [-0.2, -0.15) is 0 Å². The number of likely N-dealkylation sites (tertiary alicyclic amines) is 1. The van der Waals surface area contributed by atoms with Crippen LogP contribution in [0.5, 0.6) is 0 Å². The van der Waals surface area contributed by atoms with E-state index in [0.717, 1.165) is 26.2 Å². The second kappa shape index (κ2) is 5.66. The van der Waals surface area contributed by atoms with Crippen LogP contribution >= 0.6 is 0 Å². The van der Waals surface area contributed by atoms with E-state index in [1.807, 2.05) is 23.1 Å². The van der Waals surface area contributed by atoms with Crippen LogP contribution in [0.2, 0.25) is 0 Å². The fourth-order valence-corrected chi connectivity index (χ4v) is 1.75. The summed E-state index contributed by atoms with van der Waals surface area (Å²) in [6.45, 7) is 3.52. The van der Waals surface area contributed by atoms with E-state index in [0.29, 0.717) is 6.42 Å². The van der Waals surface area contributed by atoms with Gasteiger partial charge < -0.3 is 10.2 Å². The smallest absolute Gasteiger partial charge is 0.223 e. The number of nitrogens with one attached hydrogen (secondary N) is 1. The van der Waals surface area contributed by atoms with Crippen LogP contribution in [-0.4, -0.2) is 30.4 Å². The van der Waals surface area contributed by atoms with E-state index in [9.17, 15) is 4.79 Å². The summed E-state index contributed by atoms with van der Waals surface area (Å²) in [6.07, 6.45) is 1.79. The normalized spacial score (nSPS) is 14.6. The maximum atomic E-state index is 11.5. The Balaban J connectivity index is 1.60. The molecule has 3 heteroatoms. The number of carbonyl (C=O) groups excluding carboxylic acids is 1. The van der Waals surface area contributed by atoms with Crippen LogP contribution < -0.4 is 5.32 Å². The monoisotopic (exact) mass is 218 g/mol. The highest BCUT2D eigenvalue weighted by Crippen LogP contribution is 2.07. The summed E-state index contributed by atoms with van der Waals surface area (Å²) in [7, 11) is 0.